The van der Waals surface area contributed by atoms with Gasteiger partial charge in [-0.1, -0.05) is 25.3 Å². The van der Waals surface area contributed by atoms with Gasteiger partial charge in [-0.05, 0) is 60.5 Å². The van der Waals surface area contributed by atoms with Gasteiger partial charge in [0, 0.05) is 12.2 Å². The van der Waals surface area contributed by atoms with Crippen LogP contribution in [0.5, 0.6) is 11.5 Å². The molecule has 1 saturated heterocycles. The predicted octanol–water partition coefficient (Wildman–Crippen LogP) is 4.73. The summed E-state index contributed by atoms with van der Waals surface area (Å²) in [5.74, 6) is 0.433. The SMILES string of the molecule is COc1cc(/C=C2\SC(=Nc3cccnc3)N(C3CCCCC3)C2=O)ccc1O. The first-order valence-corrected chi connectivity index (χ1v) is 10.6. The molecule has 29 heavy (non-hydrogen) atoms. The van der Waals surface area contributed by atoms with Gasteiger partial charge in [0.1, 0.15) is 0 Å². The van der Waals surface area contributed by atoms with Gasteiger partial charge in [-0.3, -0.25) is 14.7 Å². The molecule has 1 N–H and O–H groups in total. The average Bonchev–Trinajstić information content (AvgIpc) is 3.05. The zero-order valence-corrected chi connectivity index (χ0v) is 17.1. The zero-order chi connectivity index (χ0) is 20.2. The number of hydrogen-bond donors (Lipinski definition) is 1. The lowest BCUT2D eigenvalue weighted by Crippen LogP contribution is -2.40. The van der Waals surface area contributed by atoms with E-state index < -0.39 is 0 Å². The lowest BCUT2D eigenvalue weighted by molar-refractivity contribution is -0.124. The third-order valence-corrected chi connectivity index (χ3v) is 6.13. The zero-order valence-electron chi connectivity index (χ0n) is 16.2. The highest BCUT2D eigenvalue weighted by Gasteiger charge is 2.38. The standard InChI is InChI=1S/C22H23N3O3S/c1-28-19-12-15(9-10-18(19)26)13-20-21(27)25(17-7-3-2-4-8-17)22(29-20)24-16-6-5-11-23-14-16/h5-6,9-14,17,26H,2-4,7-8H2,1H3/b20-13-,24-22?. The maximum atomic E-state index is 13.3. The van der Waals surface area contributed by atoms with Gasteiger partial charge in [0.25, 0.3) is 5.91 Å². The highest BCUT2D eigenvalue weighted by molar-refractivity contribution is 8.18. The Bertz CT molecular complexity index is 953. The van der Waals surface area contributed by atoms with Gasteiger partial charge in [-0.15, -0.1) is 0 Å². The number of aliphatic imine (C=N–C) groups is 1. The maximum absolute atomic E-state index is 13.3. The summed E-state index contributed by atoms with van der Waals surface area (Å²) in [6, 6.07) is 8.96. The number of benzene rings is 1. The second kappa shape index (κ2) is 8.69. The molecule has 0 unspecified atom stereocenters. The summed E-state index contributed by atoms with van der Waals surface area (Å²) in [7, 11) is 1.50. The Kier molecular flexibility index (Phi) is 5.85. The van der Waals surface area contributed by atoms with E-state index in [2.05, 4.69) is 4.98 Å². The molecule has 6 nitrogen and oxygen atoms in total. The van der Waals surface area contributed by atoms with Crippen molar-refractivity contribution in [1.29, 1.82) is 0 Å². The fraction of sp³-hybridized carbons (Fsp3) is 0.318. The van der Waals surface area contributed by atoms with E-state index in [1.807, 2.05) is 23.1 Å². The van der Waals surface area contributed by atoms with Crippen LogP contribution in [0.1, 0.15) is 37.7 Å². The number of amides is 1. The number of amidine groups is 1. The van der Waals surface area contributed by atoms with Crippen LogP contribution in [0.4, 0.5) is 5.69 Å². The molecule has 7 heteroatoms. The van der Waals surface area contributed by atoms with Crippen LogP contribution in [-0.2, 0) is 4.79 Å². The molecule has 2 aromatic rings. The molecule has 2 fully saturated rings. The summed E-state index contributed by atoms with van der Waals surface area (Å²) < 4.78 is 5.18. The van der Waals surface area contributed by atoms with Crippen LogP contribution in [0, 0.1) is 0 Å². The van der Waals surface area contributed by atoms with Gasteiger partial charge in [0.05, 0.1) is 23.9 Å². The topological polar surface area (TPSA) is 75.0 Å². The summed E-state index contributed by atoms with van der Waals surface area (Å²) in [4.78, 5) is 24.6. The molecule has 2 aliphatic rings. The second-order valence-electron chi connectivity index (χ2n) is 7.11. The fourth-order valence-electron chi connectivity index (χ4n) is 3.69. The molecule has 1 aliphatic carbocycles. The maximum Gasteiger partial charge on any atom is 0.267 e. The Balaban J connectivity index is 1.69. The number of phenolic OH excluding ortho intramolecular Hbond substituents is 1. The third-order valence-electron chi connectivity index (χ3n) is 5.15. The fourth-order valence-corrected chi connectivity index (χ4v) is 4.75. The number of aromatic nitrogens is 1. The number of rotatable bonds is 4. The Morgan fingerprint density at radius 1 is 1.28 bits per heavy atom. The molecule has 1 saturated carbocycles. The molecule has 150 valence electrons. The third kappa shape index (κ3) is 4.29. The smallest absolute Gasteiger partial charge is 0.267 e. The lowest BCUT2D eigenvalue weighted by atomic mass is 9.94. The van der Waals surface area contributed by atoms with Crippen molar-refractivity contribution in [1.82, 2.24) is 9.88 Å². The first-order valence-electron chi connectivity index (χ1n) is 9.74. The van der Waals surface area contributed by atoms with Gasteiger partial charge < -0.3 is 9.84 Å². The van der Waals surface area contributed by atoms with Crippen LogP contribution >= 0.6 is 11.8 Å². The van der Waals surface area contributed by atoms with E-state index in [-0.39, 0.29) is 17.7 Å². The molecule has 0 atom stereocenters. The number of thioether (sulfide) groups is 1. The van der Waals surface area contributed by atoms with Crippen molar-refractivity contribution in [2.75, 3.05) is 7.11 Å². The largest absolute Gasteiger partial charge is 0.504 e. The van der Waals surface area contributed by atoms with E-state index in [0.29, 0.717) is 15.8 Å². The van der Waals surface area contributed by atoms with Crippen LogP contribution in [-0.4, -0.2) is 39.2 Å². The predicted molar refractivity (Wildman–Crippen MR) is 115 cm³/mol. The summed E-state index contributed by atoms with van der Waals surface area (Å²) in [5.41, 5.74) is 1.53. The molecule has 1 aliphatic heterocycles. The Morgan fingerprint density at radius 2 is 2.10 bits per heavy atom. The summed E-state index contributed by atoms with van der Waals surface area (Å²) >= 11 is 1.38. The molecular formula is C22H23N3O3S. The van der Waals surface area contributed by atoms with Crippen LogP contribution in [0.15, 0.2) is 52.6 Å². The number of carbonyl (C=O) groups excluding carboxylic acids is 1. The summed E-state index contributed by atoms with van der Waals surface area (Å²) in [6.45, 7) is 0. The number of nitrogens with zero attached hydrogens (tertiary/aromatic N) is 3. The van der Waals surface area contributed by atoms with Crippen LogP contribution in [0.3, 0.4) is 0 Å². The quantitative estimate of drug-likeness (QED) is 0.739. The monoisotopic (exact) mass is 409 g/mol. The minimum atomic E-state index is -0.0171. The molecule has 1 aromatic heterocycles. The van der Waals surface area contributed by atoms with Crippen LogP contribution in [0.25, 0.3) is 6.08 Å². The number of ether oxygens (including phenoxy) is 1. The number of hydrogen-bond acceptors (Lipinski definition) is 6. The van der Waals surface area contributed by atoms with E-state index in [1.165, 1.54) is 25.3 Å². The Labute approximate surface area is 174 Å². The highest BCUT2D eigenvalue weighted by Crippen LogP contribution is 2.39. The van der Waals surface area contributed by atoms with Gasteiger partial charge >= 0.3 is 0 Å². The molecule has 0 radical (unpaired) electrons. The van der Waals surface area contributed by atoms with Gasteiger partial charge in [-0.2, -0.15) is 0 Å². The van der Waals surface area contributed by atoms with E-state index in [0.717, 1.165) is 36.9 Å². The Morgan fingerprint density at radius 3 is 2.83 bits per heavy atom. The van der Waals surface area contributed by atoms with Crippen molar-refractivity contribution in [3.8, 4) is 11.5 Å². The van der Waals surface area contributed by atoms with Crippen LogP contribution < -0.4 is 4.74 Å². The first kappa shape index (κ1) is 19.5. The van der Waals surface area contributed by atoms with Gasteiger partial charge in [0.15, 0.2) is 16.7 Å². The minimum Gasteiger partial charge on any atom is -0.504 e. The summed E-state index contributed by atoms with van der Waals surface area (Å²) in [6.07, 6.45) is 10.7. The first-order chi connectivity index (χ1) is 14.2. The molecule has 2 heterocycles. The Hall–Kier alpha value is -2.80. The average molecular weight is 410 g/mol. The number of pyridine rings is 1. The lowest BCUT2D eigenvalue weighted by Gasteiger charge is -2.30. The number of methoxy groups -OCH3 is 1. The van der Waals surface area contributed by atoms with Crippen molar-refractivity contribution in [2.45, 2.75) is 38.1 Å². The number of phenols is 1. The van der Waals surface area contributed by atoms with Crippen molar-refractivity contribution >= 4 is 34.6 Å². The van der Waals surface area contributed by atoms with E-state index in [4.69, 9.17) is 9.73 Å². The second-order valence-corrected chi connectivity index (χ2v) is 8.12. The molecule has 4 rings (SSSR count). The van der Waals surface area contributed by atoms with Crippen molar-refractivity contribution in [2.24, 2.45) is 4.99 Å². The van der Waals surface area contributed by atoms with E-state index in [1.54, 1.807) is 30.6 Å². The molecule has 1 amide bonds. The molecule has 1 aromatic carbocycles. The van der Waals surface area contributed by atoms with E-state index in [9.17, 15) is 9.90 Å². The molecule has 0 spiro atoms. The van der Waals surface area contributed by atoms with Gasteiger partial charge in [-0.25, -0.2) is 4.99 Å². The number of carbonyl (C=O) groups is 1. The molecular weight excluding hydrogens is 386 g/mol. The van der Waals surface area contributed by atoms with Gasteiger partial charge in [0.2, 0.25) is 0 Å². The molecule has 0 bridgehead atoms. The van der Waals surface area contributed by atoms with Crippen molar-refractivity contribution in [3.63, 3.8) is 0 Å². The minimum absolute atomic E-state index is 0.0171. The van der Waals surface area contributed by atoms with Crippen molar-refractivity contribution < 1.29 is 14.6 Å². The van der Waals surface area contributed by atoms with Crippen molar-refractivity contribution in [3.05, 3.63) is 53.2 Å². The number of aromatic hydroxyl groups is 1. The normalized spacial score (nSPS) is 20.6. The highest BCUT2D eigenvalue weighted by atomic mass is 32.2. The van der Waals surface area contributed by atoms with Crippen LogP contribution in [0.2, 0.25) is 0 Å². The van der Waals surface area contributed by atoms with E-state index >= 15 is 0 Å². The summed E-state index contributed by atoms with van der Waals surface area (Å²) in [5, 5.41) is 10.5.